The van der Waals surface area contributed by atoms with Gasteiger partial charge in [-0.25, -0.2) is 0 Å². The summed E-state index contributed by atoms with van der Waals surface area (Å²) in [5.41, 5.74) is 1.75. The first-order valence-electron chi connectivity index (χ1n) is 7.09. The molecule has 2 rings (SSSR count). The second-order valence-corrected chi connectivity index (χ2v) is 5.08. The molecule has 0 spiro atoms. The molecule has 1 aromatic carbocycles. The molecule has 0 atom stereocenters. The number of benzene rings is 1. The maximum Gasteiger partial charge on any atom is 0.274 e. The lowest BCUT2D eigenvalue weighted by Crippen LogP contribution is -2.44. The topological polar surface area (TPSA) is 70.4 Å². The average Bonchev–Trinajstić information content (AvgIpc) is 2.46. The van der Waals surface area contributed by atoms with Gasteiger partial charge >= 0.3 is 0 Å². The largest absolute Gasteiger partial charge is 0.385 e. The molecule has 0 amide bonds. The van der Waals surface area contributed by atoms with E-state index in [4.69, 9.17) is 0 Å². The maximum atomic E-state index is 10.9. The van der Waals surface area contributed by atoms with Gasteiger partial charge in [0.15, 0.2) is 0 Å². The molecule has 0 aromatic heterocycles. The number of nitro benzene ring substituents is 1. The molecule has 1 heterocycles. The third-order valence-electron chi connectivity index (χ3n) is 3.68. The van der Waals surface area contributed by atoms with Crippen molar-refractivity contribution in [3.8, 4) is 0 Å². The summed E-state index contributed by atoms with van der Waals surface area (Å²) in [6.45, 7) is 8.05. The van der Waals surface area contributed by atoms with Gasteiger partial charge in [0.2, 0.25) is 0 Å². The molecule has 1 aromatic rings. The van der Waals surface area contributed by atoms with Crippen molar-refractivity contribution in [1.29, 1.82) is 0 Å². The normalized spacial score (nSPS) is 16.1. The number of nitro groups is 1. The minimum Gasteiger partial charge on any atom is -0.385 e. The van der Waals surface area contributed by atoms with Crippen LogP contribution in [0.1, 0.15) is 12.0 Å². The van der Waals surface area contributed by atoms with E-state index in [2.05, 4.69) is 15.5 Å². The molecule has 1 fully saturated rings. The highest BCUT2D eigenvalue weighted by atomic mass is 16.6. The van der Waals surface area contributed by atoms with Crippen molar-refractivity contribution in [2.75, 3.05) is 44.6 Å². The van der Waals surface area contributed by atoms with Crippen molar-refractivity contribution in [1.82, 2.24) is 10.2 Å². The molecule has 0 aliphatic carbocycles. The Balaban J connectivity index is 1.79. The minimum atomic E-state index is -0.332. The number of hydrogen-bond acceptors (Lipinski definition) is 5. The maximum absolute atomic E-state index is 10.9. The lowest BCUT2D eigenvalue weighted by Gasteiger charge is -2.27. The second kappa shape index (κ2) is 7.21. The van der Waals surface area contributed by atoms with E-state index in [1.807, 2.05) is 6.07 Å². The highest BCUT2D eigenvalue weighted by Gasteiger charge is 2.13. The monoisotopic (exact) mass is 278 g/mol. The zero-order chi connectivity index (χ0) is 14.4. The quantitative estimate of drug-likeness (QED) is 0.470. The molecule has 0 unspecified atom stereocenters. The average molecular weight is 278 g/mol. The van der Waals surface area contributed by atoms with Gasteiger partial charge in [0.05, 0.1) is 4.92 Å². The third-order valence-corrected chi connectivity index (χ3v) is 3.68. The zero-order valence-electron chi connectivity index (χ0n) is 11.9. The van der Waals surface area contributed by atoms with Crippen molar-refractivity contribution in [3.63, 3.8) is 0 Å². The van der Waals surface area contributed by atoms with Gasteiger partial charge in [-0.05, 0) is 26.0 Å². The first-order chi connectivity index (χ1) is 9.68. The van der Waals surface area contributed by atoms with Gasteiger partial charge in [-0.2, -0.15) is 0 Å². The van der Waals surface area contributed by atoms with Crippen LogP contribution >= 0.6 is 0 Å². The first kappa shape index (κ1) is 14.7. The van der Waals surface area contributed by atoms with Crippen LogP contribution < -0.4 is 10.6 Å². The van der Waals surface area contributed by atoms with E-state index in [0.717, 1.165) is 51.4 Å². The first-order valence-corrected chi connectivity index (χ1v) is 7.09. The molecule has 110 valence electrons. The summed E-state index contributed by atoms with van der Waals surface area (Å²) >= 11 is 0. The van der Waals surface area contributed by atoms with Crippen LogP contribution in [0.15, 0.2) is 18.2 Å². The molecule has 20 heavy (non-hydrogen) atoms. The third kappa shape index (κ3) is 3.91. The van der Waals surface area contributed by atoms with Crippen LogP contribution in [0.4, 0.5) is 11.4 Å². The number of piperazine rings is 1. The molecule has 6 heteroatoms. The molecular weight excluding hydrogens is 256 g/mol. The van der Waals surface area contributed by atoms with Gasteiger partial charge in [-0.3, -0.25) is 10.1 Å². The Morgan fingerprint density at radius 2 is 2.15 bits per heavy atom. The number of nitrogens with zero attached hydrogens (tertiary/aromatic N) is 2. The molecule has 1 aliphatic heterocycles. The lowest BCUT2D eigenvalue weighted by atomic mass is 10.1. The van der Waals surface area contributed by atoms with Crippen molar-refractivity contribution >= 4 is 11.4 Å². The van der Waals surface area contributed by atoms with E-state index in [0.29, 0.717) is 5.56 Å². The highest BCUT2D eigenvalue weighted by molar-refractivity contribution is 5.59. The van der Waals surface area contributed by atoms with Crippen molar-refractivity contribution in [2.45, 2.75) is 13.3 Å². The molecule has 1 saturated heterocycles. The van der Waals surface area contributed by atoms with E-state index in [1.54, 1.807) is 19.1 Å². The standard InChI is InChI=1S/C14H22N4O2/c1-12-13(4-2-5-14(12)18(19)20)16-6-3-9-17-10-7-15-8-11-17/h2,4-5,15-16H,3,6-11H2,1H3. The van der Waals surface area contributed by atoms with Crippen molar-refractivity contribution < 1.29 is 4.92 Å². The van der Waals surface area contributed by atoms with E-state index >= 15 is 0 Å². The van der Waals surface area contributed by atoms with Crippen LogP contribution in [0.2, 0.25) is 0 Å². The fourth-order valence-electron chi connectivity index (χ4n) is 2.47. The number of nitrogens with one attached hydrogen (secondary N) is 2. The predicted octanol–water partition coefficient (Wildman–Crippen LogP) is 1.61. The predicted molar refractivity (Wildman–Crippen MR) is 80.2 cm³/mol. The number of hydrogen-bond donors (Lipinski definition) is 2. The zero-order valence-corrected chi connectivity index (χ0v) is 11.9. The van der Waals surface area contributed by atoms with Crippen molar-refractivity contribution in [2.24, 2.45) is 0 Å². The number of anilines is 1. The van der Waals surface area contributed by atoms with E-state index in [1.165, 1.54) is 0 Å². The van der Waals surface area contributed by atoms with Crippen LogP contribution in [0.3, 0.4) is 0 Å². The molecule has 0 bridgehead atoms. The van der Waals surface area contributed by atoms with Crippen LogP contribution in [0.5, 0.6) is 0 Å². The fourth-order valence-corrected chi connectivity index (χ4v) is 2.47. The van der Waals surface area contributed by atoms with Crippen LogP contribution in [-0.4, -0.2) is 49.1 Å². The van der Waals surface area contributed by atoms with E-state index in [-0.39, 0.29) is 10.6 Å². The molecule has 1 aliphatic rings. The van der Waals surface area contributed by atoms with Gasteiger partial charge in [0.1, 0.15) is 0 Å². The van der Waals surface area contributed by atoms with Gasteiger partial charge in [-0.1, -0.05) is 6.07 Å². The smallest absolute Gasteiger partial charge is 0.274 e. The summed E-state index contributed by atoms with van der Waals surface area (Å²) in [5, 5.41) is 17.5. The summed E-state index contributed by atoms with van der Waals surface area (Å²) in [6.07, 6.45) is 1.04. The fraction of sp³-hybridized carbons (Fsp3) is 0.571. The minimum absolute atomic E-state index is 0.178. The number of rotatable bonds is 6. The molecule has 0 radical (unpaired) electrons. The molecule has 6 nitrogen and oxygen atoms in total. The lowest BCUT2D eigenvalue weighted by molar-refractivity contribution is -0.385. The Morgan fingerprint density at radius 1 is 1.40 bits per heavy atom. The van der Waals surface area contributed by atoms with E-state index in [9.17, 15) is 10.1 Å². The van der Waals surface area contributed by atoms with Crippen LogP contribution in [0.25, 0.3) is 0 Å². The van der Waals surface area contributed by atoms with Gasteiger partial charge in [0, 0.05) is 50.0 Å². The molecular formula is C14H22N4O2. The SMILES string of the molecule is Cc1c(NCCCN2CCNCC2)cccc1[N+](=O)[O-]. The Kier molecular flexibility index (Phi) is 5.31. The van der Waals surface area contributed by atoms with Gasteiger partial charge < -0.3 is 15.5 Å². The van der Waals surface area contributed by atoms with Gasteiger partial charge in [0.25, 0.3) is 5.69 Å². The van der Waals surface area contributed by atoms with Crippen molar-refractivity contribution in [3.05, 3.63) is 33.9 Å². The summed E-state index contributed by atoms with van der Waals surface area (Å²) in [4.78, 5) is 13.0. The Hall–Kier alpha value is -1.66. The highest BCUT2D eigenvalue weighted by Crippen LogP contribution is 2.24. The van der Waals surface area contributed by atoms with Crippen LogP contribution in [-0.2, 0) is 0 Å². The van der Waals surface area contributed by atoms with Gasteiger partial charge in [-0.15, -0.1) is 0 Å². The summed E-state index contributed by atoms with van der Waals surface area (Å²) in [6, 6.07) is 5.16. The molecule has 0 saturated carbocycles. The Bertz CT molecular complexity index is 458. The Morgan fingerprint density at radius 3 is 2.85 bits per heavy atom. The molecule has 2 N–H and O–H groups in total. The summed E-state index contributed by atoms with van der Waals surface area (Å²) in [7, 11) is 0. The summed E-state index contributed by atoms with van der Waals surface area (Å²) in [5.74, 6) is 0. The second-order valence-electron chi connectivity index (χ2n) is 5.08. The van der Waals surface area contributed by atoms with Crippen LogP contribution in [0, 0.1) is 17.0 Å². The Labute approximate surface area is 119 Å². The summed E-state index contributed by atoms with van der Waals surface area (Å²) < 4.78 is 0. The van der Waals surface area contributed by atoms with E-state index < -0.39 is 0 Å².